The normalized spacial score (nSPS) is 36.5. The molecule has 76 valence electrons. The molecule has 2 fully saturated rings. The summed E-state index contributed by atoms with van der Waals surface area (Å²) in [5, 5.41) is 9.67. The zero-order valence-electron chi connectivity index (χ0n) is 8.58. The molecule has 0 unspecified atom stereocenters. The summed E-state index contributed by atoms with van der Waals surface area (Å²) in [4.78, 5) is 2.47. The molecule has 0 bridgehead atoms. The predicted molar refractivity (Wildman–Crippen MR) is 53.6 cm³/mol. The van der Waals surface area contributed by atoms with Gasteiger partial charge in [-0.1, -0.05) is 13.3 Å². The first-order chi connectivity index (χ1) is 6.28. The molecular formula is C11H21NO. The van der Waals surface area contributed by atoms with Gasteiger partial charge >= 0.3 is 0 Å². The van der Waals surface area contributed by atoms with Gasteiger partial charge < -0.3 is 10.0 Å². The Morgan fingerprint density at radius 2 is 2.00 bits per heavy atom. The first-order valence-electron chi connectivity index (χ1n) is 5.68. The molecule has 0 aromatic heterocycles. The second-order valence-electron chi connectivity index (χ2n) is 4.83. The molecule has 2 heteroatoms. The van der Waals surface area contributed by atoms with Crippen molar-refractivity contribution < 1.29 is 5.11 Å². The average molecular weight is 183 g/mol. The van der Waals surface area contributed by atoms with Gasteiger partial charge in [-0.25, -0.2) is 0 Å². The number of aliphatic hydroxyl groups excluding tert-OH is 1. The van der Waals surface area contributed by atoms with Crippen LogP contribution in [0.4, 0.5) is 0 Å². The van der Waals surface area contributed by atoms with Crippen LogP contribution < -0.4 is 0 Å². The topological polar surface area (TPSA) is 23.5 Å². The molecule has 13 heavy (non-hydrogen) atoms. The number of hydrogen-bond acceptors (Lipinski definition) is 2. The number of hydrogen-bond donors (Lipinski definition) is 1. The summed E-state index contributed by atoms with van der Waals surface area (Å²) >= 11 is 0. The second-order valence-corrected chi connectivity index (χ2v) is 4.83. The lowest BCUT2D eigenvalue weighted by molar-refractivity contribution is 0.0365. The van der Waals surface area contributed by atoms with Crippen LogP contribution >= 0.6 is 0 Å². The van der Waals surface area contributed by atoms with Crippen molar-refractivity contribution in [3.8, 4) is 0 Å². The van der Waals surface area contributed by atoms with Crippen molar-refractivity contribution in [2.75, 3.05) is 19.6 Å². The van der Waals surface area contributed by atoms with Crippen LogP contribution in [0.25, 0.3) is 0 Å². The van der Waals surface area contributed by atoms with E-state index in [1.165, 1.54) is 32.4 Å². The van der Waals surface area contributed by atoms with Crippen LogP contribution in [0.15, 0.2) is 0 Å². The highest BCUT2D eigenvalue weighted by Crippen LogP contribution is 2.31. The number of piperidine rings is 1. The number of aliphatic hydroxyl groups is 1. The van der Waals surface area contributed by atoms with E-state index in [2.05, 4.69) is 11.8 Å². The molecule has 2 rings (SSSR count). The summed E-state index contributed by atoms with van der Waals surface area (Å²) in [5.41, 5.74) is 0. The van der Waals surface area contributed by atoms with Crippen molar-refractivity contribution in [2.45, 2.75) is 38.7 Å². The highest BCUT2D eigenvalue weighted by molar-refractivity contribution is 4.83. The lowest BCUT2D eigenvalue weighted by atomic mass is 9.93. The number of β-amino-alcohol motifs (C(OH)–C–C–N with tert-alkyl or cyclic N) is 1. The Bertz CT molecular complexity index is 165. The second kappa shape index (κ2) is 3.97. The quantitative estimate of drug-likeness (QED) is 0.716. The van der Waals surface area contributed by atoms with Gasteiger partial charge in [0.25, 0.3) is 0 Å². The van der Waals surface area contributed by atoms with Crippen LogP contribution in [0, 0.1) is 11.8 Å². The Hall–Kier alpha value is -0.0800. The molecule has 0 aromatic rings. The molecule has 1 heterocycles. The molecule has 1 aliphatic carbocycles. The molecular weight excluding hydrogens is 162 g/mol. The standard InChI is InChI=1S/C11H21NO/c1-2-9-5-11(13)8-12(6-9)7-10-3-4-10/h9-11,13H,2-8H2,1H3/t9-,11+/m0/s1. The summed E-state index contributed by atoms with van der Waals surface area (Å²) in [6.45, 7) is 5.63. The maximum Gasteiger partial charge on any atom is 0.0670 e. The average Bonchev–Trinajstić information content (AvgIpc) is 2.87. The molecule has 2 nitrogen and oxygen atoms in total. The number of nitrogens with zero attached hydrogens (tertiary/aromatic N) is 1. The third-order valence-electron chi connectivity index (χ3n) is 3.38. The van der Waals surface area contributed by atoms with Crippen LogP contribution in [0.5, 0.6) is 0 Å². The Morgan fingerprint density at radius 3 is 2.62 bits per heavy atom. The van der Waals surface area contributed by atoms with Gasteiger partial charge in [0.15, 0.2) is 0 Å². The molecule has 1 saturated carbocycles. The van der Waals surface area contributed by atoms with E-state index in [0.29, 0.717) is 0 Å². The van der Waals surface area contributed by atoms with Crippen LogP contribution in [0.3, 0.4) is 0 Å². The zero-order chi connectivity index (χ0) is 9.26. The largest absolute Gasteiger partial charge is 0.392 e. The molecule has 0 radical (unpaired) electrons. The minimum atomic E-state index is -0.0579. The lowest BCUT2D eigenvalue weighted by Gasteiger charge is -2.35. The Labute approximate surface area is 80.9 Å². The van der Waals surface area contributed by atoms with Crippen molar-refractivity contribution >= 4 is 0 Å². The summed E-state index contributed by atoms with van der Waals surface area (Å²) < 4.78 is 0. The minimum Gasteiger partial charge on any atom is -0.392 e. The summed E-state index contributed by atoms with van der Waals surface area (Å²) in [7, 11) is 0. The first-order valence-corrected chi connectivity index (χ1v) is 5.68. The van der Waals surface area contributed by atoms with Gasteiger partial charge in [0.1, 0.15) is 0 Å². The van der Waals surface area contributed by atoms with Crippen LogP contribution in [-0.2, 0) is 0 Å². The van der Waals surface area contributed by atoms with Gasteiger partial charge in [0.2, 0.25) is 0 Å². The third kappa shape index (κ3) is 2.68. The third-order valence-corrected chi connectivity index (χ3v) is 3.38. The monoisotopic (exact) mass is 183 g/mol. The molecule has 0 aromatic carbocycles. The van der Waals surface area contributed by atoms with E-state index in [1.54, 1.807) is 0 Å². The van der Waals surface area contributed by atoms with E-state index in [0.717, 1.165) is 24.8 Å². The molecule has 0 amide bonds. The molecule has 1 N–H and O–H groups in total. The van der Waals surface area contributed by atoms with Crippen molar-refractivity contribution in [1.82, 2.24) is 4.90 Å². The highest BCUT2D eigenvalue weighted by Gasteiger charge is 2.29. The fourth-order valence-electron chi connectivity index (χ4n) is 2.38. The van der Waals surface area contributed by atoms with E-state index in [-0.39, 0.29) is 6.10 Å². The van der Waals surface area contributed by atoms with Crippen LogP contribution in [0.2, 0.25) is 0 Å². The van der Waals surface area contributed by atoms with E-state index < -0.39 is 0 Å². The van der Waals surface area contributed by atoms with Gasteiger partial charge in [-0.15, -0.1) is 0 Å². The van der Waals surface area contributed by atoms with Gasteiger partial charge in [0, 0.05) is 19.6 Å². The number of likely N-dealkylation sites (tertiary alicyclic amines) is 1. The smallest absolute Gasteiger partial charge is 0.0670 e. The molecule has 0 spiro atoms. The van der Waals surface area contributed by atoms with E-state index in [1.807, 2.05) is 0 Å². The molecule has 1 aliphatic heterocycles. The van der Waals surface area contributed by atoms with E-state index >= 15 is 0 Å². The maximum absolute atomic E-state index is 9.67. The van der Waals surface area contributed by atoms with Crippen molar-refractivity contribution in [1.29, 1.82) is 0 Å². The highest BCUT2D eigenvalue weighted by atomic mass is 16.3. The minimum absolute atomic E-state index is 0.0579. The fraction of sp³-hybridized carbons (Fsp3) is 1.00. The van der Waals surface area contributed by atoms with Gasteiger partial charge in [-0.3, -0.25) is 0 Å². The van der Waals surface area contributed by atoms with Gasteiger partial charge in [-0.05, 0) is 31.1 Å². The predicted octanol–water partition coefficient (Wildman–Crippen LogP) is 1.49. The zero-order valence-corrected chi connectivity index (χ0v) is 8.58. The van der Waals surface area contributed by atoms with Gasteiger partial charge in [0.05, 0.1) is 6.10 Å². The summed E-state index contributed by atoms with van der Waals surface area (Å²) in [6.07, 6.45) is 5.03. The molecule has 2 aliphatic rings. The SMILES string of the molecule is CC[C@H]1C[C@@H](O)CN(CC2CC2)C1. The van der Waals surface area contributed by atoms with Crippen molar-refractivity contribution in [3.05, 3.63) is 0 Å². The van der Waals surface area contributed by atoms with E-state index in [4.69, 9.17) is 0 Å². The maximum atomic E-state index is 9.67. The first kappa shape index (κ1) is 9.47. The van der Waals surface area contributed by atoms with Crippen molar-refractivity contribution in [2.24, 2.45) is 11.8 Å². The Morgan fingerprint density at radius 1 is 1.23 bits per heavy atom. The summed E-state index contributed by atoms with van der Waals surface area (Å²) in [5.74, 6) is 1.70. The molecule has 2 atom stereocenters. The lowest BCUT2D eigenvalue weighted by Crippen LogP contribution is -2.43. The Kier molecular flexibility index (Phi) is 2.89. The fourth-order valence-corrected chi connectivity index (χ4v) is 2.38. The molecule has 1 saturated heterocycles. The van der Waals surface area contributed by atoms with Crippen LogP contribution in [0.1, 0.15) is 32.6 Å². The number of rotatable bonds is 3. The van der Waals surface area contributed by atoms with Crippen molar-refractivity contribution in [3.63, 3.8) is 0 Å². The Balaban J connectivity index is 1.80. The summed E-state index contributed by atoms with van der Waals surface area (Å²) in [6, 6.07) is 0. The van der Waals surface area contributed by atoms with Gasteiger partial charge in [-0.2, -0.15) is 0 Å². The van der Waals surface area contributed by atoms with E-state index in [9.17, 15) is 5.11 Å². The van der Waals surface area contributed by atoms with Crippen LogP contribution in [-0.4, -0.2) is 35.7 Å².